The van der Waals surface area contributed by atoms with Gasteiger partial charge in [-0.3, -0.25) is 0 Å². The van der Waals surface area contributed by atoms with Crippen molar-refractivity contribution in [2.45, 2.75) is 32.4 Å². The van der Waals surface area contributed by atoms with Crippen molar-refractivity contribution >= 4 is 21.6 Å². The van der Waals surface area contributed by atoms with Gasteiger partial charge in [-0.15, -0.1) is 0 Å². The summed E-state index contributed by atoms with van der Waals surface area (Å²) >= 11 is 3.59. The summed E-state index contributed by atoms with van der Waals surface area (Å²) in [7, 11) is 0. The van der Waals surface area contributed by atoms with Gasteiger partial charge in [-0.25, -0.2) is 0 Å². The van der Waals surface area contributed by atoms with E-state index in [1.54, 1.807) is 0 Å². The van der Waals surface area contributed by atoms with Crippen LogP contribution in [0.5, 0.6) is 0 Å². The van der Waals surface area contributed by atoms with E-state index in [-0.39, 0.29) is 18.2 Å². The molecule has 0 saturated carbocycles. The summed E-state index contributed by atoms with van der Waals surface area (Å²) in [4.78, 5) is 2.37. The number of rotatable bonds is 2. The molecular weight excluding hydrogens is 292 g/mol. The summed E-state index contributed by atoms with van der Waals surface area (Å²) in [5, 5.41) is 12.7. The molecule has 1 aliphatic heterocycles. The number of hydrogen-bond acceptors (Lipinski definition) is 3. The zero-order valence-electron chi connectivity index (χ0n) is 11.2. The molecule has 0 spiro atoms. The maximum absolute atomic E-state index is 9.33. The molecule has 0 aromatic heterocycles. The standard InChI is InChI=1S/C14H21BrN2O/c1-10-4-5-12(6-13(10)15)17-7-11(8-18)16-9-14(17,2)3/h4-6,11,16,18H,7-9H2,1-3H3. The molecule has 2 N–H and O–H groups in total. The van der Waals surface area contributed by atoms with Crippen molar-refractivity contribution in [1.82, 2.24) is 5.32 Å². The van der Waals surface area contributed by atoms with E-state index in [4.69, 9.17) is 0 Å². The molecular formula is C14H21BrN2O. The number of nitrogens with one attached hydrogen (secondary N) is 1. The molecule has 18 heavy (non-hydrogen) atoms. The average molecular weight is 313 g/mol. The van der Waals surface area contributed by atoms with Crippen molar-refractivity contribution < 1.29 is 5.11 Å². The Kier molecular flexibility index (Phi) is 3.99. The van der Waals surface area contributed by atoms with Crippen molar-refractivity contribution in [3.05, 3.63) is 28.2 Å². The number of halogens is 1. The van der Waals surface area contributed by atoms with Gasteiger partial charge in [-0.2, -0.15) is 0 Å². The fourth-order valence-electron chi connectivity index (χ4n) is 2.35. The molecule has 1 unspecified atom stereocenters. The summed E-state index contributed by atoms with van der Waals surface area (Å²) in [5.74, 6) is 0. The van der Waals surface area contributed by atoms with E-state index in [1.165, 1.54) is 11.3 Å². The van der Waals surface area contributed by atoms with E-state index in [1.807, 2.05) is 0 Å². The Labute approximate surface area is 117 Å². The summed E-state index contributed by atoms with van der Waals surface area (Å²) < 4.78 is 1.13. The van der Waals surface area contributed by atoms with Crippen LogP contribution in [0.4, 0.5) is 5.69 Å². The van der Waals surface area contributed by atoms with Crippen LogP contribution in [0, 0.1) is 6.92 Å². The number of aliphatic hydroxyl groups is 1. The number of hydrogen-bond donors (Lipinski definition) is 2. The highest BCUT2D eigenvalue weighted by molar-refractivity contribution is 9.10. The molecule has 1 aromatic rings. The lowest BCUT2D eigenvalue weighted by Gasteiger charge is -2.47. The zero-order valence-corrected chi connectivity index (χ0v) is 12.8. The van der Waals surface area contributed by atoms with Crippen LogP contribution in [0.1, 0.15) is 19.4 Å². The molecule has 0 radical (unpaired) electrons. The molecule has 4 heteroatoms. The Balaban J connectivity index is 2.30. The summed E-state index contributed by atoms with van der Waals surface area (Å²) in [6, 6.07) is 6.60. The molecule has 2 rings (SSSR count). The third-order valence-electron chi connectivity index (χ3n) is 3.64. The minimum Gasteiger partial charge on any atom is -0.395 e. The first-order chi connectivity index (χ1) is 8.44. The minimum atomic E-state index is 0.0559. The Morgan fingerprint density at radius 1 is 1.50 bits per heavy atom. The zero-order chi connectivity index (χ0) is 13.3. The van der Waals surface area contributed by atoms with Crippen LogP contribution < -0.4 is 10.2 Å². The van der Waals surface area contributed by atoms with E-state index in [2.05, 4.69) is 65.1 Å². The van der Waals surface area contributed by atoms with Crippen LogP contribution in [-0.2, 0) is 0 Å². The lowest BCUT2D eigenvalue weighted by atomic mass is 9.96. The fraction of sp³-hybridized carbons (Fsp3) is 0.571. The van der Waals surface area contributed by atoms with E-state index < -0.39 is 0 Å². The van der Waals surface area contributed by atoms with E-state index >= 15 is 0 Å². The number of benzene rings is 1. The van der Waals surface area contributed by atoms with Crippen molar-refractivity contribution in [2.75, 3.05) is 24.6 Å². The van der Waals surface area contributed by atoms with Gasteiger partial charge in [0.05, 0.1) is 6.61 Å². The largest absolute Gasteiger partial charge is 0.395 e. The highest BCUT2D eigenvalue weighted by Crippen LogP contribution is 2.30. The van der Waals surface area contributed by atoms with Gasteiger partial charge in [0.1, 0.15) is 0 Å². The van der Waals surface area contributed by atoms with Crippen LogP contribution in [0.3, 0.4) is 0 Å². The van der Waals surface area contributed by atoms with Gasteiger partial charge >= 0.3 is 0 Å². The molecule has 1 aromatic carbocycles. The van der Waals surface area contributed by atoms with Gasteiger partial charge in [0, 0.05) is 34.8 Å². The number of aliphatic hydroxyl groups excluding tert-OH is 1. The first kappa shape index (κ1) is 13.8. The van der Waals surface area contributed by atoms with E-state index in [0.29, 0.717) is 0 Å². The second-order valence-electron chi connectivity index (χ2n) is 5.62. The maximum atomic E-state index is 9.33. The summed E-state index contributed by atoms with van der Waals surface area (Å²) in [6.07, 6.45) is 0. The predicted molar refractivity (Wildman–Crippen MR) is 79.2 cm³/mol. The SMILES string of the molecule is Cc1ccc(N2CC(CO)NCC2(C)C)cc1Br. The minimum absolute atomic E-state index is 0.0559. The second-order valence-corrected chi connectivity index (χ2v) is 6.47. The lowest BCUT2D eigenvalue weighted by molar-refractivity contribution is 0.210. The van der Waals surface area contributed by atoms with Gasteiger partial charge < -0.3 is 15.3 Å². The highest BCUT2D eigenvalue weighted by atomic mass is 79.9. The first-order valence-corrected chi connectivity index (χ1v) is 7.11. The summed E-state index contributed by atoms with van der Waals surface area (Å²) in [5.41, 5.74) is 2.50. The molecule has 0 bridgehead atoms. The molecule has 0 aliphatic carbocycles. The van der Waals surface area contributed by atoms with Gasteiger partial charge in [-0.1, -0.05) is 22.0 Å². The summed E-state index contributed by atoms with van der Waals surface area (Å²) in [6.45, 7) is 8.43. The smallest absolute Gasteiger partial charge is 0.0601 e. The van der Waals surface area contributed by atoms with Gasteiger partial charge in [0.2, 0.25) is 0 Å². The topological polar surface area (TPSA) is 35.5 Å². The molecule has 0 amide bonds. The van der Waals surface area contributed by atoms with E-state index in [9.17, 15) is 5.11 Å². The maximum Gasteiger partial charge on any atom is 0.0601 e. The Morgan fingerprint density at radius 2 is 2.22 bits per heavy atom. The Bertz CT molecular complexity index is 434. The van der Waals surface area contributed by atoms with E-state index in [0.717, 1.165) is 17.6 Å². The van der Waals surface area contributed by atoms with Gasteiger partial charge in [0.15, 0.2) is 0 Å². The molecule has 1 fully saturated rings. The number of anilines is 1. The predicted octanol–water partition coefficient (Wildman–Crippen LogP) is 2.31. The number of piperazine rings is 1. The normalized spacial score (nSPS) is 23.2. The molecule has 1 heterocycles. The van der Waals surface area contributed by atoms with Crippen LogP contribution in [0.2, 0.25) is 0 Å². The van der Waals surface area contributed by atoms with Crippen LogP contribution in [0.15, 0.2) is 22.7 Å². The number of aryl methyl sites for hydroxylation is 1. The molecule has 1 aliphatic rings. The second kappa shape index (κ2) is 5.19. The van der Waals surface area contributed by atoms with Gasteiger partial charge in [0.25, 0.3) is 0 Å². The van der Waals surface area contributed by atoms with Crippen LogP contribution in [0.25, 0.3) is 0 Å². The quantitative estimate of drug-likeness (QED) is 0.879. The van der Waals surface area contributed by atoms with Crippen molar-refractivity contribution in [3.63, 3.8) is 0 Å². The highest BCUT2D eigenvalue weighted by Gasteiger charge is 2.33. The fourth-order valence-corrected chi connectivity index (χ4v) is 2.72. The third kappa shape index (κ3) is 2.71. The van der Waals surface area contributed by atoms with Gasteiger partial charge in [-0.05, 0) is 38.5 Å². The third-order valence-corrected chi connectivity index (χ3v) is 4.50. The first-order valence-electron chi connectivity index (χ1n) is 6.32. The Hall–Kier alpha value is -0.580. The average Bonchev–Trinajstić information content (AvgIpc) is 2.33. The van der Waals surface area contributed by atoms with Crippen LogP contribution >= 0.6 is 15.9 Å². The molecule has 100 valence electrons. The Morgan fingerprint density at radius 3 is 2.83 bits per heavy atom. The lowest BCUT2D eigenvalue weighted by Crippen LogP contribution is -2.63. The van der Waals surface area contributed by atoms with Crippen molar-refractivity contribution in [2.24, 2.45) is 0 Å². The molecule has 1 saturated heterocycles. The van der Waals surface area contributed by atoms with Crippen molar-refractivity contribution in [1.29, 1.82) is 0 Å². The molecule has 3 nitrogen and oxygen atoms in total. The molecule has 1 atom stereocenters. The monoisotopic (exact) mass is 312 g/mol. The van der Waals surface area contributed by atoms with Crippen molar-refractivity contribution in [3.8, 4) is 0 Å². The number of nitrogens with zero attached hydrogens (tertiary/aromatic N) is 1. The van der Waals surface area contributed by atoms with Crippen LogP contribution in [-0.4, -0.2) is 36.4 Å².